The van der Waals surface area contributed by atoms with Gasteiger partial charge in [0.2, 0.25) is 0 Å². The van der Waals surface area contributed by atoms with E-state index in [-0.39, 0.29) is 0 Å². The number of amides is 2. The Bertz CT molecular complexity index is 197. The Kier molecular flexibility index (Phi) is 8.70. The largest absolute Gasteiger partial charge is 0.382 e. The average molecular weight is 217 g/mol. The molecule has 0 saturated heterocycles. The van der Waals surface area contributed by atoms with Gasteiger partial charge in [-0.2, -0.15) is 0 Å². The number of carbonyl (C=O) groups is 2. The van der Waals surface area contributed by atoms with Crippen molar-refractivity contribution in [2.45, 2.75) is 13.3 Å². The van der Waals surface area contributed by atoms with Crippen molar-refractivity contribution in [3.8, 4) is 0 Å². The summed E-state index contributed by atoms with van der Waals surface area (Å²) in [5, 5.41) is 4.86. The zero-order valence-corrected chi connectivity index (χ0v) is 9.04. The van der Waals surface area contributed by atoms with E-state index < -0.39 is 11.8 Å². The Hall–Kier alpha value is -1.14. The molecule has 0 heterocycles. The fourth-order valence-electron chi connectivity index (χ4n) is 0.867. The molecule has 0 aliphatic heterocycles. The van der Waals surface area contributed by atoms with E-state index >= 15 is 0 Å². The lowest BCUT2D eigenvalue weighted by Crippen LogP contribution is -2.42. The van der Waals surface area contributed by atoms with Crippen LogP contribution in [-0.4, -0.2) is 44.7 Å². The minimum atomic E-state index is -0.642. The van der Waals surface area contributed by atoms with Crippen molar-refractivity contribution < 1.29 is 14.3 Å². The lowest BCUT2D eigenvalue weighted by molar-refractivity contribution is -0.139. The number of hydrogen-bond donors (Lipinski definition) is 3. The van der Waals surface area contributed by atoms with Gasteiger partial charge in [-0.05, 0) is 13.3 Å². The van der Waals surface area contributed by atoms with Gasteiger partial charge >= 0.3 is 11.8 Å². The van der Waals surface area contributed by atoms with Crippen LogP contribution in [0.2, 0.25) is 0 Å². The highest BCUT2D eigenvalue weighted by atomic mass is 16.5. The molecule has 0 aromatic heterocycles. The molecule has 0 aromatic carbocycles. The quantitative estimate of drug-likeness (QED) is 0.361. The van der Waals surface area contributed by atoms with E-state index in [4.69, 9.17) is 10.5 Å². The van der Waals surface area contributed by atoms with E-state index in [1.807, 2.05) is 6.92 Å². The van der Waals surface area contributed by atoms with Crippen molar-refractivity contribution in [3.05, 3.63) is 0 Å². The molecule has 0 aliphatic carbocycles. The third-order valence-corrected chi connectivity index (χ3v) is 1.59. The smallest absolute Gasteiger partial charge is 0.309 e. The minimum Gasteiger partial charge on any atom is -0.382 e. The first-order chi connectivity index (χ1) is 7.22. The summed E-state index contributed by atoms with van der Waals surface area (Å²) in [7, 11) is 0. The van der Waals surface area contributed by atoms with E-state index in [2.05, 4.69) is 10.6 Å². The van der Waals surface area contributed by atoms with Crippen LogP contribution in [0.15, 0.2) is 0 Å². The predicted molar refractivity (Wildman–Crippen MR) is 56.2 cm³/mol. The Balaban J connectivity index is 3.43. The molecule has 0 bridgehead atoms. The molecule has 6 heteroatoms. The van der Waals surface area contributed by atoms with E-state index in [0.29, 0.717) is 39.3 Å². The van der Waals surface area contributed by atoms with Crippen LogP contribution in [0.1, 0.15) is 13.3 Å². The lowest BCUT2D eigenvalue weighted by atomic mass is 10.4. The number of hydrogen-bond acceptors (Lipinski definition) is 4. The van der Waals surface area contributed by atoms with Crippen LogP contribution in [0.25, 0.3) is 0 Å². The van der Waals surface area contributed by atoms with Crippen molar-refractivity contribution in [3.63, 3.8) is 0 Å². The molecular formula is C9H19N3O3. The second-order valence-electron chi connectivity index (χ2n) is 2.85. The fraction of sp³-hybridized carbons (Fsp3) is 0.778. The van der Waals surface area contributed by atoms with Crippen LogP contribution in [-0.2, 0) is 14.3 Å². The number of rotatable bonds is 7. The Morgan fingerprint density at radius 3 is 2.33 bits per heavy atom. The van der Waals surface area contributed by atoms with Crippen molar-refractivity contribution in [1.82, 2.24) is 10.6 Å². The number of nitrogens with two attached hydrogens (primary N) is 1. The van der Waals surface area contributed by atoms with E-state index in [9.17, 15) is 9.59 Å². The fourth-order valence-corrected chi connectivity index (χ4v) is 0.867. The summed E-state index contributed by atoms with van der Waals surface area (Å²) in [5.74, 6) is -1.27. The Morgan fingerprint density at radius 1 is 1.20 bits per heavy atom. The molecule has 0 aliphatic rings. The number of nitrogens with one attached hydrogen (secondary N) is 2. The SMILES string of the molecule is CCOCCCNC(=O)C(=O)NCCN. The molecule has 0 spiro atoms. The van der Waals surface area contributed by atoms with Crippen LogP contribution >= 0.6 is 0 Å². The molecule has 2 amide bonds. The zero-order chi connectivity index (χ0) is 11.5. The van der Waals surface area contributed by atoms with Gasteiger partial charge in [-0.25, -0.2) is 0 Å². The molecule has 0 saturated carbocycles. The van der Waals surface area contributed by atoms with E-state index in [0.717, 1.165) is 0 Å². The lowest BCUT2D eigenvalue weighted by Gasteiger charge is -2.05. The van der Waals surface area contributed by atoms with Crippen molar-refractivity contribution in [2.24, 2.45) is 5.73 Å². The van der Waals surface area contributed by atoms with Gasteiger partial charge in [0.05, 0.1) is 0 Å². The van der Waals surface area contributed by atoms with Crippen molar-refractivity contribution in [2.75, 3.05) is 32.8 Å². The minimum absolute atomic E-state index is 0.311. The molecule has 0 rings (SSSR count). The zero-order valence-electron chi connectivity index (χ0n) is 9.04. The van der Waals surface area contributed by atoms with Gasteiger partial charge in [-0.1, -0.05) is 0 Å². The molecule has 0 aromatic rings. The van der Waals surface area contributed by atoms with Crippen LogP contribution in [0.3, 0.4) is 0 Å². The third-order valence-electron chi connectivity index (χ3n) is 1.59. The molecule has 0 fully saturated rings. The molecule has 4 N–H and O–H groups in total. The first kappa shape index (κ1) is 13.9. The number of ether oxygens (including phenoxy) is 1. The van der Waals surface area contributed by atoms with Gasteiger partial charge in [0.1, 0.15) is 0 Å². The van der Waals surface area contributed by atoms with Gasteiger partial charge in [0.15, 0.2) is 0 Å². The van der Waals surface area contributed by atoms with Crippen molar-refractivity contribution in [1.29, 1.82) is 0 Å². The molecule has 0 unspecified atom stereocenters. The van der Waals surface area contributed by atoms with Gasteiger partial charge in [-0.3, -0.25) is 9.59 Å². The molecule has 15 heavy (non-hydrogen) atoms. The second-order valence-corrected chi connectivity index (χ2v) is 2.85. The highest BCUT2D eigenvalue weighted by Crippen LogP contribution is 1.80. The summed E-state index contributed by atoms with van der Waals surface area (Å²) in [4.78, 5) is 22.1. The Morgan fingerprint density at radius 2 is 1.80 bits per heavy atom. The summed E-state index contributed by atoms with van der Waals surface area (Å²) >= 11 is 0. The van der Waals surface area contributed by atoms with Gasteiger partial charge in [0.25, 0.3) is 0 Å². The highest BCUT2D eigenvalue weighted by molar-refractivity contribution is 6.35. The van der Waals surface area contributed by atoms with Crippen LogP contribution in [0, 0.1) is 0 Å². The first-order valence-electron chi connectivity index (χ1n) is 5.06. The average Bonchev–Trinajstić information content (AvgIpc) is 2.25. The summed E-state index contributed by atoms with van der Waals surface area (Å²) in [6.07, 6.45) is 0.698. The molecular weight excluding hydrogens is 198 g/mol. The van der Waals surface area contributed by atoms with Crippen LogP contribution < -0.4 is 16.4 Å². The van der Waals surface area contributed by atoms with Crippen LogP contribution in [0.4, 0.5) is 0 Å². The maximum absolute atomic E-state index is 11.1. The maximum Gasteiger partial charge on any atom is 0.309 e. The summed E-state index contributed by atoms with van der Waals surface area (Å²) < 4.78 is 5.07. The topological polar surface area (TPSA) is 93.4 Å². The number of carbonyl (C=O) groups excluding carboxylic acids is 2. The summed E-state index contributed by atoms with van der Waals surface area (Å²) in [6, 6.07) is 0. The van der Waals surface area contributed by atoms with Gasteiger partial charge in [0, 0.05) is 32.8 Å². The molecule has 6 nitrogen and oxygen atoms in total. The summed E-state index contributed by atoms with van der Waals surface area (Å²) in [6.45, 7) is 4.22. The van der Waals surface area contributed by atoms with E-state index in [1.54, 1.807) is 0 Å². The monoisotopic (exact) mass is 217 g/mol. The molecule has 88 valence electrons. The standard InChI is InChI=1S/C9H19N3O3/c1-2-15-7-3-5-11-8(13)9(14)12-6-4-10/h2-7,10H2,1H3,(H,11,13)(H,12,14). The predicted octanol–water partition coefficient (Wildman–Crippen LogP) is -1.40. The molecule has 0 radical (unpaired) electrons. The van der Waals surface area contributed by atoms with Gasteiger partial charge in [-0.15, -0.1) is 0 Å². The normalized spacial score (nSPS) is 9.73. The highest BCUT2D eigenvalue weighted by Gasteiger charge is 2.10. The van der Waals surface area contributed by atoms with Crippen LogP contribution in [0.5, 0.6) is 0 Å². The van der Waals surface area contributed by atoms with Crippen molar-refractivity contribution >= 4 is 11.8 Å². The summed E-state index contributed by atoms with van der Waals surface area (Å²) in [5.41, 5.74) is 5.17. The Labute approximate surface area is 89.5 Å². The second kappa shape index (κ2) is 9.42. The third kappa shape index (κ3) is 7.90. The molecule has 0 atom stereocenters. The van der Waals surface area contributed by atoms with Gasteiger partial charge < -0.3 is 21.1 Å². The van der Waals surface area contributed by atoms with E-state index in [1.165, 1.54) is 0 Å². The maximum atomic E-state index is 11.1. The first-order valence-corrected chi connectivity index (χ1v) is 5.06.